The standard InChI is InChI=1S/C14H8Se2/c1-2-5-10-9(4-1)8-13-14-11(10)6-3-7-12(14)15-16-13/h1-8H. The molecule has 0 bridgehead atoms. The third kappa shape index (κ3) is 1.16. The Balaban J connectivity index is 2.36. The summed E-state index contributed by atoms with van der Waals surface area (Å²) >= 11 is 1.42. The second-order valence-corrected chi connectivity index (χ2v) is 10.1. The van der Waals surface area contributed by atoms with Crippen molar-refractivity contribution in [1.29, 1.82) is 0 Å². The Kier molecular flexibility index (Phi) is 1.94. The second-order valence-electron chi connectivity index (χ2n) is 3.94. The summed E-state index contributed by atoms with van der Waals surface area (Å²) in [6, 6.07) is 18.0. The Morgan fingerprint density at radius 1 is 0.688 bits per heavy atom. The fraction of sp³-hybridized carbons (Fsp3) is 0. The number of hydrogen-bond acceptors (Lipinski definition) is 0. The van der Waals surface area contributed by atoms with Crippen molar-refractivity contribution < 1.29 is 0 Å². The molecule has 1 aliphatic rings. The summed E-state index contributed by atoms with van der Waals surface area (Å²) in [5, 5.41) is 5.85. The average molecular weight is 334 g/mol. The van der Waals surface area contributed by atoms with Crippen LogP contribution in [0.1, 0.15) is 0 Å². The van der Waals surface area contributed by atoms with E-state index >= 15 is 0 Å². The van der Waals surface area contributed by atoms with Gasteiger partial charge in [0.1, 0.15) is 0 Å². The van der Waals surface area contributed by atoms with Gasteiger partial charge >= 0.3 is 105 Å². The first-order valence-electron chi connectivity index (χ1n) is 5.22. The van der Waals surface area contributed by atoms with E-state index in [1.807, 2.05) is 0 Å². The van der Waals surface area contributed by atoms with Gasteiger partial charge in [-0.05, 0) is 0 Å². The minimum absolute atomic E-state index is 0.707. The summed E-state index contributed by atoms with van der Waals surface area (Å²) in [6.07, 6.45) is 0. The molecule has 76 valence electrons. The Hall–Kier alpha value is -0.781. The minimum atomic E-state index is 0.707. The van der Waals surface area contributed by atoms with Crippen molar-refractivity contribution in [2.24, 2.45) is 0 Å². The van der Waals surface area contributed by atoms with E-state index in [0.717, 1.165) is 0 Å². The van der Waals surface area contributed by atoms with Crippen LogP contribution in [0.4, 0.5) is 0 Å². The molecule has 0 spiro atoms. The van der Waals surface area contributed by atoms with Crippen molar-refractivity contribution in [3.05, 3.63) is 48.5 Å². The van der Waals surface area contributed by atoms with Gasteiger partial charge in [0.2, 0.25) is 0 Å². The molecule has 0 unspecified atom stereocenters. The van der Waals surface area contributed by atoms with E-state index in [4.69, 9.17) is 0 Å². The monoisotopic (exact) mass is 336 g/mol. The Bertz CT molecular complexity index is 716. The number of fused-ring (bicyclic) bond motifs is 2. The maximum atomic E-state index is 2.41. The van der Waals surface area contributed by atoms with Gasteiger partial charge in [-0.25, -0.2) is 0 Å². The zero-order valence-corrected chi connectivity index (χ0v) is 11.9. The molecular weight excluding hydrogens is 326 g/mol. The first-order chi connectivity index (χ1) is 7.93. The summed E-state index contributed by atoms with van der Waals surface area (Å²) in [5.74, 6) is 0. The van der Waals surface area contributed by atoms with Crippen LogP contribution in [0.3, 0.4) is 0 Å². The zero-order valence-electron chi connectivity index (χ0n) is 8.44. The fourth-order valence-corrected chi connectivity index (χ4v) is 9.85. The second kappa shape index (κ2) is 3.35. The molecule has 0 N–H and O–H groups in total. The molecule has 0 amide bonds. The molecule has 1 aliphatic heterocycles. The van der Waals surface area contributed by atoms with Crippen LogP contribution in [-0.2, 0) is 0 Å². The molecule has 3 aromatic rings. The number of benzene rings is 3. The molecule has 0 radical (unpaired) electrons. The Morgan fingerprint density at radius 2 is 1.50 bits per heavy atom. The summed E-state index contributed by atoms with van der Waals surface area (Å²) in [7, 11) is 0. The van der Waals surface area contributed by atoms with Crippen molar-refractivity contribution in [3.8, 4) is 0 Å². The molecule has 0 atom stereocenters. The fourth-order valence-electron chi connectivity index (χ4n) is 2.32. The molecule has 0 saturated carbocycles. The number of rotatable bonds is 0. The van der Waals surface area contributed by atoms with Crippen molar-refractivity contribution in [3.63, 3.8) is 0 Å². The summed E-state index contributed by atoms with van der Waals surface area (Å²) in [6.45, 7) is 0. The molecule has 16 heavy (non-hydrogen) atoms. The van der Waals surface area contributed by atoms with Crippen molar-refractivity contribution in [2.75, 3.05) is 0 Å². The normalized spacial score (nSPS) is 13.8. The van der Waals surface area contributed by atoms with Gasteiger partial charge in [-0.2, -0.15) is 0 Å². The van der Waals surface area contributed by atoms with E-state index in [1.54, 1.807) is 14.3 Å². The molecule has 0 fully saturated rings. The van der Waals surface area contributed by atoms with E-state index in [9.17, 15) is 0 Å². The van der Waals surface area contributed by atoms with Crippen LogP contribution >= 0.6 is 0 Å². The van der Waals surface area contributed by atoms with Crippen LogP contribution in [-0.4, -0.2) is 26.3 Å². The Labute approximate surface area is 105 Å². The van der Waals surface area contributed by atoms with Gasteiger partial charge in [-0.15, -0.1) is 0 Å². The van der Waals surface area contributed by atoms with Gasteiger partial charge in [-0.3, -0.25) is 0 Å². The Morgan fingerprint density at radius 3 is 2.50 bits per heavy atom. The number of hydrogen-bond donors (Lipinski definition) is 0. The van der Waals surface area contributed by atoms with E-state index in [-0.39, 0.29) is 0 Å². The van der Waals surface area contributed by atoms with Crippen LogP contribution in [0, 0.1) is 0 Å². The molecule has 1 heterocycles. The van der Waals surface area contributed by atoms with Gasteiger partial charge < -0.3 is 0 Å². The molecule has 3 aromatic carbocycles. The van der Waals surface area contributed by atoms with Crippen LogP contribution in [0.5, 0.6) is 0 Å². The first-order valence-corrected chi connectivity index (χ1v) is 11.3. The van der Waals surface area contributed by atoms with Crippen molar-refractivity contribution in [2.45, 2.75) is 0 Å². The van der Waals surface area contributed by atoms with E-state index in [0.29, 0.717) is 26.3 Å². The van der Waals surface area contributed by atoms with Gasteiger partial charge in [0.05, 0.1) is 0 Å². The topological polar surface area (TPSA) is 0 Å². The third-order valence-electron chi connectivity index (χ3n) is 3.03. The van der Waals surface area contributed by atoms with E-state index in [2.05, 4.69) is 48.5 Å². The molecule has 0 saturated heterocycles. The summed E-state index contributed by atoms with van der Waals surface area (Å²) in [4.78, 5) is 0. The van der Waals surface area contributed by atoms with Gasteiger partial charge in [0.15, 0.2) is 0 Å². The molecule has 0 aliphatic carbocycles. The molecular formula is C14H8Se2. The molecule has 0 nitrogen and oxygen atoms in total. The van der Waals surface area contributed by atoms with Crippen LogP contribution in [0.2, 0.25) is 0 Å². The summed E-state index contributed by atoms with van der Waals surface area (Å²) < 4.78 is 3.24. The van der Waals surface area contributed by atoms with Gasteiger partial charge in [0.25, 0.3) is 0 Å². The SMILES string of the molecule is c1ccc2c(c1)cc1c3c(cccc32)[Se][Se]1. The van der Waals surface area contributed by atoms with Crippen LogP contribution in [0.25, 0.3) is 21.5 Å². The van der Waals surface area contributed by atoms with Crippen LogP contribution in [0.15, 0.2) is 48.5 Å². The molecule has 2 heteroatoms. The van der Waals surface area contributed by atoms with Gasteiger partial charge in [-0.1, -0.05) is 0 Å². The molecule has 4 rings (SSSR count). The van der Waals surface area contributed by atoms with Crippen LogP contribution < -0.4 is 8.92 Å². The molecule has 0 aromatic heterocycles. The quantitative estimate of drug-likeness (QED) is 0.433. The maximum absolute atomic E-state index is 2.41. The predicted octanol–water partition coefficient (Wildman–Crippen LogP) is 1.58. The van der Waals surface area contributed by atoms with Gasteiger partial charge in [0, 0.05) is 0 Å². The van der Waals surface area contributed by atoms with E-state index < -0.39 is 0 Å². The average Bonchev–Trinajstić information content (AvgIpc) is 2.75. The first kappa shape index (κ1) is 9.27. The van der Waals surface area contributed by atoms with Crippen molar-refractivity contribution >= 4 is 56.7 Å². The third-order valence-corrected chi connectivity index (χ3v) is 10.2. The predicted molar refractivity (Wildman–Crippen MR) is 72.2 cm³/mol. The summed E-state index contributed by atoms with van der Waals surface area (Å²) in [5.41, 5.74) is 0. The van der Waals surface area contributed by atoms with Crippen molar-refractivity contribution in [1.82, 2.24) is 0 Å². The zero-order chi connectivity index (χ0) is 10.5. The van der Waals surface area contributed by atoms with E-state index in [1.165, 1.54) is 16.2 Å².